The second-order valence-electron chi connectivity index (χ2n) is 3.59. The summed E-state index contributed by atoms with van der Waals surface area (Å²) < 4.78 is 4.66. The zero-order valence-electron chi connectivity index (χ0n) is 9.23. The first-order valence-corrected chi connectivity index (χ1v) is 5.14. The monoisotopic (exact) mass is 225 g/mol. The molecule has 88 valence electrons. The number of nitrogens with zero attached hydrogens (tertiary/aromatic N) is 2. The van der Waals surface area contributed by atoms with Gasteiger partial charge in [-0.25, -0.2) is 0 Å². The molecule has 1 rings (SSSR count). The van der Waals surface area contributed by atoms with Crippen molar-refractivity contribution < 1.29 is 14.3 Å². The first-order chi connectivity index (χ1) is 7.69. The van der Waals surface area contributed by atoms with Gasteiger partial charge in [-0.3, -0.25) is 14.5 Å². The van der Waals surface area contributed by atoms with Crippen LogP contribution in [-0.2, 0) is 14.3 Å². The van der Waals surface area contributed by atoms with E-state index < -0.39 is 0 Å². The fourth-order valence-corrected chi connectivity index (χ4v) is 1.80. The number of hydrogen-bond donors (Lipinski definition) is 1. The van der Waals surface area contributed by atoms with Gasteiger partial charge in [0, 0.05) is 0 Å². The van der Waals surface area contributed by atoms with Crippen molar-refractivity contribution >= 4 is 11.9 Å². The maximum atomic E-state index is 11.4. The molecule has 1 heterocycles. The first-order valence-electron chi connectivity index (χ1n) is 5.14. The van der Waals surface area contributed by atoms with Gasteiger partial charge in [-0.2, -0.15) is 5.26 Å². The Bertz CT molecular complexity index is 311. The second kappa shape index (κ2) is 6.08. The molecule has 0 aromatic heterocycles. The van der Waals surface area contributed by atoms with E-state index in [-0.39, 0.29) is 31.0 Å². The molecule has 0 aromatic rings. The minimum atomic E-state index is -0.321. The van der Waals surface area contributed by atoms with E-state index in [1.54, 1.807) is 4.90 Å². The normalized spacial score (nSPS) is 20.1. The number of esters is 1. The summed E-state index contributed by atoms with van der Waals surface area (Å²) >= 11 is 0. The summed E-state index contributed by atoms with van der Waals surface area (Å²) in [5.41, 5.74) is 0. The van der Waals surface area contributed by atoms with Crippen LogP contribution in [0.25, 0.3) is 0 Å². The third kappa shape index (κ3) is 3.21. The highest BCUT2D eigenvalue weighted by Crippen LogP contribution is 2.17. The summed E-state index contributed by atoms with van der Waals surface area (Å²) in [6.07, 6.45) is 1.60. The Morgan fingerprint density at radius 1 is 1.62 bits per heavy atom. The van der Waals surface area contributed by atoms with Gasteiger partial charge in [-0.1, -0.05) is 0 Å². The summed E-state index contributed by atoms with van der Waals surface area (Å²) in [5.74, 6) is -0.539. The molecule has 6 nitrogen and oxygen atoms in total. The Morgan fingerprint density at radius 2 is 2.38 bits per heavy atom. The van der Waals surface area contributed by atoms with Crippen molar-refractivity contribution in [1.29, 1.82) is 5.26 Å². The molecule has 1 unspecified atom stereocenters. The van der Waals surface area contributed by atoms with Gasteiger partial charge in [0.2, 0.25) is 5.91 Å². The second-order valence-corrected chi connectivity index (χ2v) is 3.59. The topological polar surface area (TPSA) is 82.4 Å². The Balaban J connectivity index is 2.44. The number of ether oxygens (including phenoxy) is 1. The van der Waals surface area contributed by atoms with Crippen LogP contribution in [0.3, 0.4) is 0 Å². The molecule has 1 N–H and O–H groups in total. The molecule has 1 amide bonds. The number of carbonyl (C=O) groups is 2. The SMILES string of the molecule is COC(=O)C1CCCN1CC(=O)NCC#N. The van der Waals surface area contributed by atoms with Crippen LogP contribution in [0.1, 0.15) is 12.8 Å². The van der Waals surface area contributed by atoms with E-state index in [2.05, 4.69) is 10.1 Å². The van der Waals surface area contributed by atoms with Crippen LogP contribution in [0, 0.1) is 11.3 Å². The lowest BCUT2D eigenvalue weighted by atomic mass is 10.2. The van der Waals surface area contributed by atoms with Crippen molar-refractivity contribution in [2.75, 3.05) is 26.7 Å². The standard InChI is InChI=1S/C10H15N3O3/c1-16-10(15)8-3-2-6-13(8)7-9(14)12-5-4-11/h8H,2-3,5-7H2,1H3,(H,12,14). The van der Waals surface area contributed by atoms with E-state index in [1.165, 1.54) is 7.11 Å². The molecule has 16 heavy (non-hydrogen) atoms. The van der Waals surface area contributed by atoms with Crippen LogP contribution in [-0.4, -0.2) is 49.6 Å². The summed E-state index contributed by atoms with van der Waals surface area (Å²) in [7, 11) is 1.34. The summed E-state index contributed by atoms with van der Waals surface area (Å²) in [6.45, 7) is 0.844. The lowest BCUT2D eigenvalue weighted by molar-refractivity contribution is -0.146. The largest absolute Gasteiger partial charge is 0.468 e. The van der Waals surface area contributed by atoms with Crippen molar-refractivity contribution in [3.05, 3.63) is 0 Å². The van der Waals surface area contributed by atoms with E-state index in [0.717, 1.165) is 12.8 Å². The predicted molar refractivity (Wildman–Crippen MR) is 55.2 cm³/mol. The molecular formula is C10H15N3O3. The summed E-state index contributed by atoms with van der Waals surface area (Å²) in [4.78, 5) is 24.5. The van der Waals surface area contributed by atoms with Crippen LogP contribution >= 0.6 is 0 Å². The maximum Gasteiger partial charge on any atom is 0.323 e. The highest BCUT2D eigenvalue weighted by atomic mass is 16.5. The molecule has 0 aromatic carbocycles. The van der Waals surface area contributed by atoms with Crippen LogP contribution in [0.5, 0.6) is 0 Å². The third-order valence-electron chi connectivity index (χ3n) is 2.55. The lowest BCUT2D eigenvalue weighted by Crippen LogP contribution is -2.43. The van der Waals surface area contributed by atoms with Gasteiger partial charge in [0.1, 0.15) is 12.6 Å². The number of nitriles is 1. The fourth-order valence-electron chi connectivity index (χ4n) is 1.80. The molecule has 6 heteroatoms. The van der Waals surface area contributed by atoms with E-state index in [1.807, 2.05) is 6.07 Å². The predicted octanol–water partition coefficient (Wildman–Crippen LogP) is -0.736. The van der Waals surface area contributed by atoms with Crippen molar-refractivity contribution in [1.82, 2.24) is 10.2 Å². The number of amides is 1. The van der Waals surface area contributed by atoms with Crippen molar-refractivity contribution in [3.63, 3.8) is 0 Å². The van der Waals surface area contributed by atoms with E-state index >= 15 is 0 Å². The fraction of sp³-hybridized carbons (Fsp3) is 0.700. The smallest absolute Gasteiger partial charge is 0.323 e. The van der Waals surface area contributed by atoms with Crippen LogP contribution < -0.4 is 5.32 Å². The highest BCUT2D eigenvalue weighted by molar-refractivity contribution is 5.80. The van der Waals surface area contributed by atoms with E-state index in [9.17, 15) is 9.59 Å². The van der Waals surface area contributed by atoms with Crippen LogP contribution in [0.4, 0.5) is 0 Å². The van der Waals surface area contributed by atoms with Crippen molar-refractivity contribution in [3.8, 4) is 6.07 Å². The molecule has 0 bridgehead atoms. The van der Waals surface area contributed by atoms with Gasteiger partial charge in [-0.05, 0) is 19.4 Å². The molecular weight excluding hydrogens is 210 g/mol. The number of rotatable bonds is 4. The van der Waals surface area contributed by atoms with Crippen LogP contribution in [0.2, 0.25) is 0 Å². The Hall–Kier alpha value is -1.61. The molecule has 1 atom stereocenters. The van der Waals surface area contributed by atoms with E-state index in [4.69, 9.17) is 5.26 Å². The molecule has 0 radical (unpaired) electrons. The van der Waals surface area contributed by atoms with Crippen LogP contribution in [0.15, 0.2) is 0 Å². The number of nitrogens with one attached hydrogen (secondary N) is 1. The Morgan fingerprint density at radius 3 is 3.00 bits per heavy atom. The Kier molecular flexibility index (Phi) is 4.73. The lowest BCUT2D eigenvalue weighted by Gasteiger charge is -2.21. The van der Waals surface area contributed by atoms with Gasteiger partial charge in [0.15, 0.2) is 0 Å². The first kappa shape index (κ1) is 12.5. The van der Waals surface area contributed by atoms with E-state index in [0.29, 0.717) is 6.54 Å². The minimum absolute atomic E-state index is 0.00440. The van der Waals surface area contributed by atoms with Gasteiger partial charge in [0.05, 0.1) is 19.7 Å². The molecule has 0 spiro atoms. The molecule has 1 fully saturated rings. The third-order valence-corrected chi connectivity index (χ3v) is 2.55. The minimum Gasteiger partial charge on any atom is -0.468 e. The van der Waals surface area contributed by atoms with Gasteiger partial charge in [-0.15, -0.1) is 0 Å². The van der Waals surface area contributed by atoms with Gasteiger partial charge < -0.3 is 10.1 Å². The van der Waals surface area contributed by atoms with Crippen molar-refractivity contribution in [2.45, 2.75) is 18.9 Å². The zero-order valence-corrected chi connectivity index (χ0v) is 9.23. The molecule has 1 aliphatic rings. The molecule has 1 saturated heterocycles. The number of hydrogen-bond acceptors (Lipinski definition) is 5. The zero-order chi connectivity index (χ0) is 12.0. The average molecular weight is 225 g/mol. The van der Waals surface area contributed by atoms with Gasteiger partial charge in [0.25, 0.3) is 0 Å². The quantitative estimate of drug-likeness (QED) is 0.503. The highest BCUT2D eigenvalue weighted by Gasteiger charge is 2.32. The number of likely N-dealkylation sites (tertiary alicyclic amines) is 1. The molecule has 0 saturated carbocycles. The summed E-state index contributed by atoms with van der Waals surface area (Å²) in [6, 6.07) is 1.51. The molecule has 0 aliphatic carbocycles. The Labute approximate surface area is 94.2 Å². The van der Waals surface area contributed by atoms with Gasteiger partial charge >= 0.3 is 5.97 Å². The number of methoxy groups -OCH3 is 1. The summed E-state index contributed by atoms with van der Waals surface area (Å²) in [5, 5.41) is 10.7. The number of carbonyl (C=O) groups excluding carboxylic acids is 2. The average Bonchev–Trinajstić information content (AvgIpc) is 2.73. The molecule has 1 aliphatic heterocycles. The maximum absolute atomic E-state index is 11.4. The van der Waals surface area contributed by atoms with Crippen molar-refractivity contribution in [2.24, 2.45) is 0 Å².